The normalized spacial score (nSPS) is 9.25. The molecule has 0 fully saturated rings. The largest absolute Gasteiger partial charge is 0.0843 e. The molecule has 0 aliphatic rings. The van der Waals surface area contributed by atoms with Crippen LogP contribution in [0.1, 0.15) is 13.8 Å². The summed E-state index contributed by atoms with van der Waals surface area (Å²) in [5, 5.41) is 1.51. The van der Waals surface area contributed by atoms with E-state index in [1.165, 1.54) is 0 Å². The fraction of sp³-hybridized carbons (Fsp3) is 0.143. The quantitative estimate of drug-likeness (QED) is 0.612. The van der Waals surface area contributed by atoms with Crippen LogP contribution >= 0.6 is 23.2 Å². The molecule has 0 spiro atoms. The minimum absolute atomic E-state index is 0.753. The Bertz CT molecular complexity index is 372. The molecule has 84 valence electrons. The average molecular weight is 253 g/mol. The van der Waals surface area contributed by atoms with Gasteiger partial charge in [0, 0.05) is 10.0 Å². The molecule has 0 saturated carbocycles. The first-order valence-corrected chi connectivity index (χ1v) is 6.03. The highest BCUT2D eigenvalue weighted by Crippen LogP contribution is 2.22. The summed E-state index contributed by atoms with van der Waals surface area (Å²) in [5.41, 5.74) is 2.29. The van der Waals surface area contributed by atoms with E-state index in [9.17, 15) is 0 Å². The highest BCUT2D eigenvalue weighted by molar-refractivity contribution is 6.31. The van der Waals surface area contributed by atoms with Crippen LogP contribution in [0, 0.1) is 0 Å². The third-order valence-corrected chi connectivity index (χ3v) is 2.53. The molecule has 2 aromatic carbocycles. The van der Waals surface area contributed by atoms with Gasteiger partial charge in [0.1, 0.15) is 0 Å². The van der Waals surface area contributed by atoms with Gasteiger partial charge in [-0.1, -0.05) is 61.3 Å². The van der Waals surface area contributed by atoms with Gasteiger partial charge in [-0.3, -0.25) is 0 Å². The van der Waals surface area contributed by atoms with E-state index in [4.69, 9.17) is 23.2 Å². The van der Waals surface area contributed by atoms with Gasteiger partial charge in [0.2, 0.25) is 0 Å². The highest BCUT2D eigenvalue weighted by atomic mass is 35.5. The Balaban J connectivity index is 0.000000606. The van der Waals surface area contributed by atoms with E-state index >= 15 is 0 Å². The lowest BCUT2D eigenvalue weighted by Gasteiger charge is -2.01. The van der Waals surface area contributed by atoms with Crippen LogP contribution in [-0.4, -0.2) is 0 Å². The molecule has 0 heterocycles. The lowest BCUT2D eigenvalue weighted by atomic mass is 10.1. The average Bonchev–Trinajstić information content (AvgIpc) is 2.34. The van der Waals surface area contributed by atoms with Crippen molar-refractivity contribution < 1.29 is 0 Å². The monoisotopic (exact) mass is 252 g/mol. The Morgan fingerprint density at radius 1 is 0.562 bits per heavy atom. The highest BCUT2D eigenvalue weighted by Gasteiger charge is 1.96. The summed E-state index contributed by atoms with van der Waals surface area (Å²) >= 11 is 11.6. The molecule has 0 saturated heterocycles. The first-order valence-electron chi connectivity index (χ1n) is 5.27. The first kappa shape index (κ1) is 13.1. The van der Waals surface area contributed by atoms with Crippen molar-refractivity contribution in [1.29, 1.82) is 0 Å². The second kappa shape index (κ2) is 6.57. The van der Waals surface area contributed by atoms with Gasteiger partial charge in [-0.15, -0.1) is 0 Å². The summed E-state index contributed by atoms with van der Waals surface area (Å²) in [6.07, 6.45) is 0. The van der Waals surface area contributed by atoms with E-state index in [1.807, 2.05) is 62.4 Å². The number of benzene rings is 2. The molecule has 16 heavy (non-hydrogen) atoms. The summed E-state index contributed by atoms with van der Waals surface area (Å²) < 4.78 is 0. The predicted octanol–water partition coefficient (Wildman–Crippen LogP) is 5.69. The van der Waals surface area contributed by atoms with Crippen molar-refractivity contribution >= 4 is 23.2 Å². The molecular formula is C14H14Cl2. The van der Waals surface area contributed by atoms with Gasteiger partial charge < -0.3 is 0 Å². The predicted molar refractivity (Wildman–Crippen MR) is 73.2 cm³/mol. The zero-order valence-corrected chi connectivity index (χ0v) is 10.9. The van der Waals surface area contributed by atoms with E-state index in [0.717, 1.165) is 21.2 Å². The molecule has 0 aliphatic heterocycles. The Labute approximate surface area is 107 Å². The molecule has 0 bridgehead atoms. The zero-order valence-electron chi connectivity index (χ0n) is 9.37. The lowest BCUT2D eigenvalue weighted by Crippen LogP contribution is -1.76. The molecule has 0 amide bonds. The topological polar surface area (TPSA) is 0 Å². The molecule has 0 aromatic heterocycles. The fourth-order valence-corrected chi connectivity index (χ4v) is 1.54. The van der Waals surface area contributed by atoms with Gasteiger partial charge in [0.25, 0.3) is 0 Å². The zero-order chi connectivity index (χ0) is 12.0. The molecule has 0 nitrogen and oxygen atoms in total. The van der Waals surface area contributed by atoms with E-state index < -0.39 is 0 Å². The van der Waals surface area contributed by atoms with Crippen LogP contribution in [0.4, 0.5) is 0 Å². The van der Waals surface area contributed by atoms with Crippen LogP contribution in [0.15, 0.2) is 48.5 Å². The molecule has 0 unspecified atom stereocenters. The SMILES string of the molecule is CC.Clc1ccc(-c2ccc(Cl)cc2)cc1. The second-order valence-electron chi connectivity index (χ2n) is 3.01. The number of halogens is 2. The summed E-state index contributed by atoms with van der Waals surface area (Å²) in [6, 6.07) is 15.5. The molecule has 0 N–H and O–H groups in total. The van der Waals surface area contributed by atoms with Crippen molar-refractivity contribution in [2.75, 3.05) is 0 Å². The lowest BCUT2D eigenvalue weighted by molar-refractivity contribution is 1.50. The molecular weight excluding hydrogens is 239 g/mol. The van der Waals surface area contributed by atoms with Gasteiger partial charge in [0.15, 0.2) is 0 Å². The molecule has 0 atom stereocenters. The Kier molecular flexibility index (Phi) is 5.37. The third-order valence-electron chi connectivity index (χ3n) is 2.02. The van der Waals surface area contributed by atoms with Gasteiger partial charge >= 0.3 is 0 Å². The van der Waals surface area contributed by atoms with Gasteiger partial charge in [-0.25, -0.2) is 0 Å². The maximum Gasteiger partial charge on any atom is 0.0406 e. The standard InChI is InChI=1S/C12H8Cl2.C2H6/c13-11-5-1-9(2-6-11)10-3-7-12(14)8-4-10;1-2/h1-8H;1-2H3. The first-order chi connectivity index (χ1) is 7.75. The van der Waals surface area contributed by atoms with Crippen molar-refractivity contribution in [2.24, 2.45) is 0 Å². The maximum absolute atomic E-state index is 5.80. The Hall–Kier alpha value is -0.980. The van der Waals surface area contributed by atoms with Crippen LogP contribution in [0.25, 0.3) is 11.1 Å². The fourth-order valence-electron chi connectivity index (χ4n) is 1.28. The molecule has 0 radical (unpaired) electrons. The number of hydrogen-bond acceptors (Lipinski definition) is 0. The van der Waals surface area contributed by atoms with E-state index in [1.54, 1.807) is 0 Å². The van der Waals surface area contributed by atoms with Crippen molar-refractivity contribution in [3.63, 3.8) is 0 Å². The second-order valence-corrected chi connectivity index (χ2v) is 3.89. The number of rotatable bonds is 1. The van der Waals surface area contributed by atoms with Gasteiger partial charge in [0.05, 0.1) is 0 Å². The third kappa shape index (κ3) is 3.55. The minimum Gasteiger partial charge on any atom is -0.0843 e. The van der Waals surface area contributed by atoms with Crippen LogP contribution in [0.3, 0.4) is 0 Å². The minimum atomic E-state index is 0.753. The summed E-state index contributed by atoms with van der Waals surface area (Å²) in [6.45, 7) is 4.00. The molecule has 2 aromatic rings. The summed E-state index contributed by atoms with van der Waals surface area (Å²) in [4.78, 5) is 0. The van der Waals surface area contributed by atoms with Crippen molar-refractivity contribution in [3.8, 4) is 11.1 Å². The maximum atomic E-state index is 5.80. The van der Waals surface area contributed by atoms with Crippen LogP contribution in [0.2, 0.25) is 10.0 Å². The summed E-state index contributed by atoms with van der Waals surface area (Å²) in [5.74, 6) is 0. The van der Waals surface area contributed by atoms with Crippen molar-refractivity contribution in [1.82, 2.24) is 0 Å². The smallest absolute Gasteiger partial charge is 0.0406 e. The molecule has 2 rings (SSSR count). The van der Waals surface area contributed by atoms with E-state index in [2.05, 4.69) is 0 Å². The van der Waals surface area contributed by atoms with Gasteiger partial charge in [-0.2, -0.15) is 0 Å². The number of hydrogen-bond donors (Lipinski definition) is 0. The van der Waals surface area contributed by atoms with Crippen LogP contribution in [0.5, 0.6) is 0 Å². The van der Waals surface area contributed by atoms with Crippen molar-refractivity contribution in [2.45, 2.75) is 13.8 Å². The van der Waals surface area contributed by atoms with Crippen molar-refractivity contribution in [3.05, 3.63) is 58.6 Å². The Morgan fingerprint density at radius 2 is 0.812 bits per heavy atom. The van der Waals surface area contributed by atoms with Crippen LogP contribution < -0.4 is 0 Å². The van der Waals surface area contributed by atoms with Crippen LogP contribution in [-0.2, 0) is 0 Å². The summed E-state index contributed by atoms with van der Waals surface area (Å²) in [7, 11) is 0. The van der Waals surface area contributed by atoms with E-state index in [-0.39, 0.29) is 0 Å². The molecule has 0 aliphatic carbocycles. The molecule has 2 heteroatoms. The Morgan fingerprint density at radius 3 is 1.06 bits per heavy atom. The van der Waals surface area contributed by atoms with E-state index in [0.29, 0.717) is 0 Å². The van der Waals surface area contributed by atoms with Gasteiger partial charge in [-0.05, 0) is 35.4 Å².